The molecule has 3 unspecified atom stereocenters. The van der Waals surface area contributed by atoms with Crippen LogP contribution in [0.15, 0.2) is 70.5 Å². The predicted molar refractivity (Wildman–Crippen MR) is 103 cm³/mol. The number of aromatic nitrogens is 2. The van der Waals surface area contributed by atoms with E-state index < -0.39 is 0 Å². The Morgan fingerprint density at radius 1 is 1.19 bits per heavy atom. The van der Waals surface area contributed by atoms with E-state index in [0.717, 1.165) is 29.7 Å². The molecule has 0 radical (unpaired) electrons. The SMILES string of the molecule is CC1CN2C(=NC(c3ccccn3)C2c2cccn2Cc2ccco2)S1. The lowest BCUT2D eigenvalue weighted by Crippen LogP contribution is -2.30. The van der Waals surface area contributed by atoms with E-state index in [0.29, 0.717) is 5.25 Å². The molecule has 5 heterocycles. The summed E-state index contributed by atoms with van der Waals surface area (Å²) in [5.41, 5.74) is 2.28. The molecule has 1 fully saturated rings. The highest BCUT2D eigenvalue weighted by molar-refractivity contribution is 8.14. The first-order chi connectivity index (χ1) is 12.8. The standard InChI is InChI=1S/C20H20N4OS/c1-14-12-24-19(17-8-4-10-23(17)13-15-6-5-11-25-15)18(22-20(24)26-14)16-7-2-3-9-21-16/h2-11,14,18-19H,12-13H2,1H3. The van der Waals surface area contributed by atoms with Gasteiger partial charge in [-0.1, -0.05) is 24.8 Å². The van der Waals surface area contributed by atoms with Crippen LogP contribution in [0.1, 0.15) is 36.2 Å². The number of fused-ring (bicyclic) bond motifs is 1. The van der Waals surface area contributed by atoms with Crippen molar-refractivity contribution < 1.29 is 4.42 Å². The van der Waals surface area contributed by atoms with Crippen LogP contribution in [0.2, 0.25) is 0 Å². The number of thioether (sulfide) groups is 1. The van der Waals surface area contributed by atoms with Crippen molar-refractivity contribution in [3.8, 4) is 0 Å². The zero-order valence-corrected chi connectivity index (χ0v) is 15.3. The van der Waals surface area contributed by atoms with Crippen molar-refractivity contribution in [1.29, 1.82) is 0 Å². The van der Waals surface area contributed by atoms with E-state index >= 15 is 0 Å². The lowest BCUT2D eigenvalue weighted by molar-refractivity contribution is 0.306. The highest BCUT2D eigenvalue weighted by Gasteiger charge is 2.44. The minimum Gasteiger partial charge on any atom is -0.467 e. The first-order valence-corrected chi connectivity index (χ1v) is 9.77. The molecular weight excluding hydrogens is 344 g/mol. The van der Waals surface area contributed by atoms with Gasteiger partial charge >= 0.3 is 0 Å². The van der Waals surface area contributed by atoms with Gasteiger partial charge in [-0.2, -0.15) is 0 Å². The highest BCUT2D eigenvalue weighted by Crippen LogP contribution is 2.47. The van der Waals surface area contributed by atoms with Gasteiger partial charge in [0.2, 0.25) is 0 Å². The number of nitrogens with zero attached hydrogens (tertiary/aromatic N) is 4. The Kier molecular flexibility index (Phi) is 3.85. The van der Waals surface area contributed by atoms with E-state index in [9.17, 15) is 0 Å². The largest absolute Gasteiger partial charge is 0.467 e. The van der Waals surface area contributed by atoms with Gasteiger partial charge in [0.1, 0.15) is 11.8 Å². The van der Waals surface area contributed by atoms with Crippen molar-refractivity contribution in [3.05, 3.63) is 78.3 Å². The molecule has 0 saturated carbocycles. The Hall–Kier alpha value is -2.47. The van der Waals surface area contributed by atoms with Crippen LogP contribution in [0.5, 0.6) is 0 Å². The molecular formula is C20H20N4OS. The van der Waals surface area contributed by atoms with Crippen LogP contribution < -0.4 is 0 Å². The van der Waals surface area contributed by atoms with Gasteiger partial charge < -0.3 is 13.9 Å². The molecule has 5 nitrogen and oxygen atoms in total. The van der Waals surface area contributed by atoms with Crippen molar-refractivity contribution in [1.82, 2.24) is 14.5 Å². The second-order valence-electron chi connectivity index (χ2n) is 6.78. The van der Waals surface area contributed by atoms with Gasteiger partial charge in [-0.3, -0.25) is 9.98 Å². The van der Waals surface area contributed by atoms with Gasteiger partial charge in [-0.25, -0.2) is 0 Å². The molecule has 132 valence electrons. The van der Waals surface area contributed by atoms with E-state index in [1.165, 1.54) is 5.69 Å². The van der Waals surface area contributed by atoms with E-state index in [2.05, 4.69) is 45.8 Å². The molecule has 0 spiro atoms. The van der Waals surface area contributed by atoms with E-state index in [-0.39, 0.29) is 12.1 Å². The summed E-state index contributed by atoms with van der Waals surface area (Å²) >= 11 is 1.87. The Morgan fingerprint density at radius 3 is 2.96 bits per heavy atom. The normalized spacial score (nSPS) is 24.7. The minimum atomic E-state index is 0.0245. The molecule has 0 aliphatic carbocycles. The molecule has 2 aliphatic rings. The van der Waals surface area contributed by atoms with Gasteiger partial charge in [-0.05, 0) is 36.4 Å². The average Bonchev–Trinajstić information content (AvgIpc) is 3.41. The molecule has 2 aliphatic heterocycles. The van der Waals surface area contributed by atoms with Crippen LogP contribution in [0, 0.1) is 0 Å². The Morgan fingerprint density at radius 2 is 2.15 bits per heavy atom. The first kappa shape index (κ1) is 15.8. The third-order valence-corrected chi connectivity index (χ3v) is 6.06. The quantitative estimate of drug-likeness (QED) is 0.699. The zero-order valence-electron chi connectivity index (χ0n) is 14.5. The summed E-state index contributed by atoms with van der Waals surface area (Å²) in [6.07, 6.45) is 5.70. The molecule has 3 aromatic heterocycles. The van der Waals surface area contributed by atoms with Crippen LogP contribution >= 0.6 is 11.8 Å². The average molecular weight is 364 g/mol. The second kappa shape index (κ2) is 6.36. The number of amidine groups is 1. The smallest absolute Gasteiger partial charge is 0.160 e. The first-order valence-electron chi connectivity index (χ1n) is 8.89. The van der Waals surface area contributed by atoms with Crippen molar-refractivity contribution in [2.45, 2.75) is 30.8 Å². The van der Waals surface area contributed by atoms with Gasteiger partial charge in [-0.15, -0.1) is 0 Å². The summed E-state index contributed by atoms with van der Waals surface area (Å²) in [5.74, 6) is 0.958. The Bertz CT molecular complexity index is 918. The summed E-state index contributed by atoms with van der Waals surface area (Å²) in [4.78, 5) is 12.1. The number of hydrogen-bond acceptors (Lipinski definition) is 5. The molecule has 1 saturated heterocycles. The van der Waals surface area contributed by atoms with Gasteiger partial charge in [0.05, 0.1) is 24.5 Å². The number of pyridine rings is 1. The summed E-state index contributed by atoms with van der Waals surface area (Å²) in [6.45, 7) is 4.01. The maximum absolute atomic E-state index is 5.56. The zero-order chi connectivity index (χ0) is 17.5. The molecule has 0 amide bonds. The van der Waals surface area contributed by atoms with Crippen LogP contribution in [-0.2, 0) is 6.54 Å². The van der Waals surface area contributed by atoms with E-state index in [4.69, 9.17) is 9.41 Å². The van der Waals surface area contributed by atoms with E-state index in [1.807, 2.05) is 42.2 Å². The van der Waals surface area contributed by atoms with Crippen molar-refractivity contribution in [2.24, 2.45) is 4.99 Å². The third kappa shape index (κ3) is 2.65. The summed E-state index contributed by atoms with van der Waals surface area (Å²) in [5, 5.41) is 1.71. The molecule has 5 rings (SSSR count). The lowest BCUT2D eigenvalue weighted by atomic mass is 10.0. The molecule has 0 bridgehead atoms. The predicted octanol–water partition coefficient (Wildman–Crippen LogP) is 4.11. The van der Waals surface area contributed by atoms with Crippen molar-refractivity contribution >= 4 is 16.9 Å². The number of furan rings is 1. The van der Waals surface area contributed by atoms with Crippen LogP contribution in [-0.4, -0.2) is 31.4 Å². The summed E-state index contributed by atoms with van der Waals surface area (Å²) in [6, 6.07) is 14.5. The Balaban J connectivity index is 1.55. The summed E-state index contributed by atoms with van der Waals surface area (Å²) in [7, 11) is 0. The number of aliphatic imine (C=N–C) groups is 1. The molecule has 6 heteroatoms. The Labute approximate surface area is 156 Å². The van der Waals surface area contributed by atoms with Crippen molar-refractivity contribution in [3.63, 3.8) is 0 Å². The maximum Gasteiger partial charge on any atom is 0.160 e. The lowest BCUT2D eigenvalue weighted by Gasteiger charge is -2.28. The second-order valence-corrected chi connectivity index (χ2v) is 8.18. The highest BCUT2D eigenvalue weighted by atomic mass is 32.2. The van der Waals surface area contributed by atoms with Gasteiger partial charge in [0, 0.05) is 29.9 Å². The van der Waals surface area contributed by atoms with Crippen LogP contribution in [0.3, 0.4) is 0 Å². The minimum absolute atomic E-state index is 0.0245. The van der Waals surface area contributed by atoms with E-state index in [1.54, 1.807) is 6.26 Å². The van der Waals surface area contributed by atoms with Crippen LogP contribution in [0.25, 0.3) is 0 Å². The molecule has 3 atom stereocenters. The molecule has 0 aromatic carbocycles. The van der Waals surface area contributed by atoms with Gasteiger partial charge in [0.25, 0.3) is 0 Å². The maximum atomic E-state index is 5.56. The number of rotatable bonds is 4. The van der Waals surface area contributed by atoms with Gasteiger partial charge in [0.15, 0.2) is 5.17 Å². The topological polar surface area (TPSA) is 46.6 Å². The molecule has 3 aromatic rings. The summed E-state index contributed by atoms with van der Waals surface area (Å²) < 4.78 is 7.83. The molecule has 26 heavy (non-hydrogen) atoms. The van der Waals surface area contributed by atoms with Crippen molar-refractivity contribution in [2.75, 3.05) is 6.54 Å². The number of hydrogen-bond donors (Lipinski definition) is 0. The fraction of sp³-hybridized carbons (Fsp3) is 0.300. The molecule has 0 N–H and O–H groups in total. The monoisotopic (exact) mass is 364 g/mol. The van der Waals surface area contributed by atoms with Crippen LogP contribution in [0.4, 0.5) is 0 Å². The fourth-order valence-corrected chi connectivity index (χ4v) is 4.94. The third-order valence-electron chi connectivity index (χ3n) is 4.96. The fourth-order valence-electron chi connectivity index (χ4n) is 3.85.